The maximum atomic E-state index is 3.36. The van der Waals surface area contributed by atoms with Gasteiger partial charge in [0.15, 0.2) is 0 Å². The number of nitrogens with one attached hydrogen (secondary N) is 1. The zero-order valence-corrected chi connectivity index (χ0v) is 11.9. The molecule has 3 aliphatic rings. The third kappa shape index (κ3) is 2.29. The minimum absolute atomic E-state index is 0.719. The summed E-state index contributed by atoms with van der Waals surface area (Å²) in [5.74, 6) is 0.836. The standard InChI is InChI=1S/C18H22N2/c1-2-5-16-11-18-8-7-14(10-15(16)4-1)12-20(18)13-17-6-3-9-19-17/h1-6,9,14,18-19H,7-8,10-13H2. The number of hydrogen-bond acceptors (Lipinski definition) is 1. The average Bonchev–Trinajstić information content (AvgIpc) is 2.93. The Morgan fingerprint density at radius 1 is 1.00 bits per heavy atom. The van der Waals surface area contributed by atoms with E-state index in [1.807, 2.05) is 6.20 Å². The van der Waals surface area contributed by atoms with E-state index >= 15 is 0 Å². The van der Waals surface area contributed by atoms with Gasteiger partial charge in [-0.15, -0.1) is 0 Å². The molecule has 1 aliphatic carbocycles. The van der Waals surface area contributed by atoms with Gasteiger partial charge in [0.1, 0.15) is 0 Å². The summed E-state index contributed by atoms with van der Waals surface area (Å²) in [6, 6.07) is 14.1. The SMILES string of the molecule is c1c[nH]c(CN2CC3CCC2Cc2ccccc2C3)c1. The molecule has 2 aromatic rings. The number of rotatable bonds is 2. The number of piperidine rings is 1. The van der Waals surface area contributed by atoms with Crippen molar-refractivity contribution in [3.8, 4) is 0 Å². The normalized spacial score (nSPS) is 26.0. The van der Waals surface area contributed by atoms with Gasteiger partial charge in [0, 0.05) is 31.0 Å². The molecule has 1 aromatic carbocycles. The fraction of sp³-hybridized carbons (Fsp3) is 0.444. The Morgan fingerprint density at radius 3 is 2.65 bits per heavy atom. The minimum Gasteiger partial charge on any atom is -0.364 e. The lowest BCUT2D eigenvalue weighted by Crippen LogP contribution is -2.46. The van der Waals surface area contributed by atoms with Crippen LogP contribution < -0.4 is 0 Å². The number of aromatic amines is 1. The van der Waals surface area contributed by atoms with Gasteiger partial charge < -0.3 is 4.98 Å². The van der Waals surface area contributed by atoms with E-state index in [1.54, 1.807) is 11.1 Å². The fourth-order valence-electron chi connectivity index (χ4n) is 3.98. The first-order valence-corrected chi connectivity index (χ1v) is 7.81. The van der Waals surface area contributed by atoms with Crippen LogP contribution in [0.3, 0.4) is 0 Å². The Bertz CT molecular complexity index is 573. The Labute approximate surface area is 120 Å². The molecular formula is C18H22N2. The lowest BCUT2D eigenvalue weighted by atomic mass is 9.80. The molecule has 2 unspecified atom stereocenters. The molecule has 1 aromatic heterocycles. The average molecular weight is 266 g/mol. The van der Waals surface area contributed by atoms with E-state index in [9.17, 15) is 0 Å². The Hall–Kier alpha value is -1.54. The van der Waals surface area contributed by atoms with Gasteiger partial charge in [-0.05, 0) is 54.9 Å². The summed E-state index contributed by atoms with van der Waals surface area (Å²) in [4.78, 5) is 6.06. The van der Waals surface area contributed by atoms with Crippen LogP contribution in [0.1, 0.15) is 29.7 Å². The molecule has 1 N–H and O–H groups in total. The number of nitrogens with zero attached hydrogens (tertiary/aromatic N) is 1. The second-order valence-electron chi connectivity index (χ2n) is 6.40. The molecule has 2 aliphatic heterocycles. The van der Waals surface area contributed by atoms with Crippen LogP contribution in [-0.2, 0) is 19.4 Å². The zero-order chi connectivity index (χ0) is 13.4. The van der Waals surface area contributed by atoms with E-state index < -0.39 is 0 Å². The molecule has 2 heteroatoms. The van der Waals surface area contributed by atoms with Crippen molar-refractivity contribution in [1.82, 2.24) is 9.88 Å². The van der Waals surface area contributed by atoms with Gasteiger partial charge in [-0.3, -0.25) is 4.90 Å². The van der Waals surface area contributed by atoms with Gasteiger partial charge in [0.05, 0.1) is 0 Å². The van der Waals surface area contributed by atoms with Crippen molar-refractivity contribution in [2.24, 2.45) is 5.92 Å². The van der Waals surface area contributed by atoms with E-state index in [0.717, 1.165) is 18.5 Å². The number of aromatic nitrogens is 1. The number of fused-ring (bicyclic) bond motifs is 2. The summed E-state index contributed by atoms with van der Waals surface area (Å²) in [6.45, 7) is 2.34. The van der Waals surface area contributed by atoms with Gasteiger partial charge in [0.25, 0.3) is 0 Å². The van der Waals surface area contributed by atoms with Crippen molar-refractivity contribution in [2.75, 3.05) is 6.54 Å². The largest absolute Gasteiger partial charge is 0.364 e. The number of hydrogen-bond donors (Lipinski definition) is 1. The van der Waals surface area contributed by atoms with Crippen molar-refractivity contribution < 1.29 is 0 Å². The summed E-state index contributed by atoms with van der Waals surface area (Å²) < 4.78 is 0. The van der Waals surface area contributed by atoms with E-state index in [-0.39, 0.29) is 0 Å². The maximum absolute atomic E-state index is 3.36. The zero-order valence-electron chi connectivity index (χ0n) is 11.9. The summed E-state index contributed by atoms with van der Waals surface area (Å²) in [6.07, 6.45) is 7.29. The lowest BCUT2D eigenvalue weighted by Gasteiger charge is -2.42. The van der Waals surface area contributed by atoms with Gasteiger partial charge in [-0.25, -0.2) is 0 Å². The molecule has 0 amide bonds. The molecule has 1 saturated heterocycles. The highest BCUT2D eigenvalue weighted by atomic mass is 15.2. The van der Waals surface area contributed by atoms with Crippen LogP contribution in [0.5, 0.6) is 0 Å². The Kier molecular flexibility index (Phi) is 3.12. The topological polar surface area (TPSA) is 19.0 Å². The second kappa shape index (κ2) is 5.10. The van der Waals surface area contributed by atoms with Crippen molar-refractivity contribution in [3.05, 3.63) is 59.4 Å². The lowest BCUT2D eigenvalue weighted by molar-refractivity contribution is 0.0927. The first-order valence-electron chi connectivity index (χ1n) is 7.81. The predicted molar refractivity (Wildman–Crippen MR) is 81.6 cm³/mol. The quantitative estimate of drug-likeness (QED) is 0.882. The maximum Gasteiger partial charge on any atom is 0.0388 e. The van der Waals surface area contributed by atoms with Gasteiger partial charge in [0.2, 0.25) is 0 Å². The minimum atomic E-state index is 0.719. The van der Waals surface area contributed by atoms with E-state index in [0.29, 0.717) is 0 Å². The number of H-pyrrole nitrogens is 1. The summed E-state index contributed by atoms with van der Waals surface area (Å²) in [7, 11) is 0. The second-order valence-corrected chi connectivity index (χ2v) is 6.40. The summed E-state index contributed by atoms with van der Waals surface area (Å²) in [5, 5.41) is 0. The molecule has 1 fully saturated rings. The molecular weight excluding hydrogens is 244 g/mol. The Balaban J connectivity index is 1.60. The van der Waals surface area contributed by atoms with Crippen molar-refractivity contribution >= 4 is 0 Å². The fourth-order valence-corrected chi connectivity index (χ4v) is 3.98. The third-order valence-electron chi connectivity index (χ3n) is 5.04. The van der Waals surface area contributed by atoms with Crippen molar-refractivity contribution in [1.29, 1.82) is 0 Å². The van der Waals surface area contributed by atoms with E-state index in [2.05, 4.69) is 46.3 Å². The first kappa shape index (κ1) is 12.2. The molecule has 2 atom stereocenters. The van der Waals surface area contributed by atoms with Crippen LogP contribution in [0.15, 0.2) is 42.6 Å². The molecule has 2 bridgehead atoms. The van der Waals surface area contributed by atoms with Crippen LogP contribution in [0.25, 0.3) is 0 Å². The van der Waals surface area contributed by atoms with E-state index in [1.165, 1.54) is 37.9 Å². The molecule has 5 rings (SSSR count). The van der Waals surface area contributed by atoms with Crippen LogP contribution >= 0.6 is 0 Å². The van der Waals surface area contributed by atoms with Gasteiger partial charge in [-0.2, -0.15) is 0 Å². The summed E-state index contributed by atoms with van der Waals surface area (Å²) >= 11 is 0. The molecule has 3 heterocycles. The van der Waals surface area contributed by atoms with Crippen molar-refractivity contribution in [3.63, 3.8) is 0 Å². The molecule has 0 spiro atoms. The predicted octanol–water partition coefficient (Wildman–Crippen LogP) is 3.39. The molecule has 0 saturated carbocycles. The smallest absolute Gasteiger partial charge is 0.0388 e. The first-order chi connectivity index (χ1) is 9.88. The van der Waals surface area contributed by atoms with Gasteiger partial charge >= 0.3 is 0 Å². The third-order valence-corrected chi connectivity index (χ3v) is 5.04. The molecule has 0 radical (unpaired) electrons. The van der Waals surface area contributed by atoms with Crippen LogP contribution in [-0.4, -0.2) is 22.5 Å². The van der Waals surface area contributed by atoms with Crippen LogP contribution in [0, 0.1) is 5.92 Å². The van der Waals surface area contributed by atoms with Crippen molar-refractivity contribution in [2.45, 2.75) is 38.3 Å². The highest BCUT2D eigenvalue weighted by Gasteiger charge is 2.31. The highest BCUT2D eigenvalue weighted by Crippen LogP contribution is 2.32. The van der Waals surface area contributed by atoms with E-state index in [4.69, 9.17) is 0 Å². The molecule has 2 nitrogen and oxygen atoms in total. The monoisotopic (exact) mass is 266 g/mol. The van der Waals surface area contributed by atoms with Crippen LogP contribution in [0.4, 0.5) is 0 Å². The van der Waals surface area contributed by atoms with Gasteiger partial charge in [-0.1, -0.05) is 24.3 Å². The Morgan fingerprint density at radius 2 is 1.85 bits per heavy atom. The molecule has 20 heavy (non-hydrogen) atoms. The summed E-state index contributed by atoms with van der Waals surface area (Å²) in [5.41, 5.74) is 4.53. The highest BCUT2D eigenvalue weighted by molar-refractivity contribution is 5.30. The number of benzene rings is 1. The van der Waals surface area contributed by atoms with Crippen LogP contribution in [0.2, 0.25) is 0 Å². The molecule has 104 valence electrons.